The van der Waals surface area contributed by atoms with Crippen LogP contribution in [0.25, 0.3) is 0 Å². The summed E-state index contributed by atoms with van der Waals surface area (Å²) in [6.07, 6.45) is 5.31. The third kappa shape index (κ3) is 1.04. The Hall–Kier alpha value is -1.58. The van der Waals surface area contributed by atoms with Crippen LogP contribution in [0.2, 0.25) is 0 Å². The van der Waals surface area contributed by atoms with E-state index < -0.39 is 16.8 Å². The molecule has 2 fully saturated rings. The van der Waals surface area contributed by atoms with E-state index in [0.29, 0.717) is 13.0 Å². The van der Waals surface area contributed by atoms with Crippen LogP contribution in [-0.4, -0.2) is 23.7 Å². The van der Waals surface area contributed by atoms with Gasteiger partial charge in [-0.1, -0.05) is 26.0 Å². The van der Waals surface area contributed by atoms with Crippen molar-refractivity contribution in [2.75, 3.05) is 6.61 Å². The SMILES string of the molecule is CC1(C)C=C2C(=C[C@]3(C(=O)O)C[C@@]34C(=O)OC[C@@H]24)C1. The number of rotatable bonds is 1. The minimum atomic E-state index is -1.00. The molecule has 4 aliphatic rings. The molecule has 0 aromatic heterocycles. The van der Waals surface area contributed by atoms with E-state index in [1.807, 2.05) is 6.08 Å². The zero-order valence-corrected chi connectivity index (χ0v) is 11.0. The van der Waals surface area contributed by atoms with E-state index in [1.54, 1.807) is 0 Å². The van der Waals surface area contributed by atoms with Crippen molar-refractivity contribution in [2.45, 2.75) is 26.7 Å². The number of cyclic esters (lactones) is 1. The number of carboxylic acid groups (broad SMARTS) is 1. The average molecular weight is 260 g/mol. The van der Waals surface area contributed by atoms with E-state index in [2.05, 4.69) is 19.9 Å². The molecule has 0 amide bonds. The number of esters is 1. The van der Waals surface area contributed by atoms with Gasteiger partial charge in [-0.25, -0.2) is 0 Å². The van der Waals surface area contributed by atoms with Gasteiger partial charge in [0.1, 0.15) is 5.41 Å². The molecule has 0 radical (unpaired) electrons. The van der Waals surface area contributed by atoms with Crippen molar-refractivity contribution in [3.05, 3.63) is 23.3 Å². The standard InChI is InChI=1S/C15H16O4/c1-13(2)3-8-4-14(11(16)17)7-15(14)10(9(8)5-13)6-19-12(15)18/h4-5,10H,3,6-7H2,1-2H3,(H,16,17)/t10-,14+,15+/m0/s1. The molecule has 1 saturated heterocycles. The molecule has 0 aromatic rings. The smallest absolute Gasteiger partial charge is 0.314 e. The summed E-state index contributed by atoms with van der Waals surface area (Å²) in [6.45, 7) is 4.62. The van der Waals surface area contributed by atoms with E-state index in [0.717, 1.165) is 17.6 Å². The molecule has 4 heteroatoms. The molecule has 1 spiro atoms. The predicted octanol–water partition coefficient (Wildman–Crippen LogP) is 1.92. The highest BCUT2D eigenvalue weighted by Crippen LogP contribution is 2.76. The first-order valence-corrected chi connectivity index (χ1v) is 6.68. The summed E-state index contributed by atoms with van der Waals surface area (Å²) in [5, 5.41) is 9.58. The van der Waals surface area contributed by atoms with E-state index in [-0.39, 0.29) is 17.3 Å². The fraction of sp³-hybridized carbons (Fsp3) is 0.600. The third-order valence-corrected chi connectivity index (χ3v) is 5.31. The van der Waals surface area contributed by atoms with Gasteiger partial charge in [0.05, 0.1) is 12.0 Å². The molecule has 1 N–H and O–H groups in total. The van der Waals surface area contributed by atoms with Gasteiger partial charge >= 0.3 is 11.9 Å². The second-order valence-corrected chi connectivity index (χ2v) is 7.01. The topological polar surface area (TPSA) is 63.6 Å². The minimum Gasteiger partial charge on any atom is -0.481 e. The Bertz CT molecular complexity index is 597. The summed E-state index contributed by atoms with van der Waals surface area (Å²) in [5.41, 5.74) is 0.506. The van der Waals surface area contributed by atoms with Crippen LogP contribution in [0.15, 0.2) is 23.3 Å². The van der Waals surface area contributed by atoms with Gasteiger partial charge in [-0.3, -0.25) is 9.59 Å². The van der Waals surface area contributed by atoms with Crippen molar-refractivity contribution < 1.29 is 19.4 Å². The average Bonchev–Trinajstić information content (AvgIpc) is 2.74. The molecular weight excluding hydrogens is 244 g/mol. The third-order valence-electron chi connectivity index (χ3n) is 5.31. The molecule has 100 valence electrons. The minimum absolute atomic E-state index is 0.0461. The number of aliphatic carboxylic acids is 1. The molecule has 19 heavy (non-hydrogen) atoms. The number of carbonyl (C=O) groups is 2. The maximum Gasteiger partial charge on any atom is 0.314 e. The summed E-state index contributed by atoms with van der Waals surface area (Å²) < 4.78 is 5.22. The Morgan fingerprint density at radius 2 is 2.16 bits per heavy atom. The Morgan fingerprint density at radius 3 is 2.84 bits per heavy atom. The van der Waals surface area contributed by atoms with Crippen LogP contribution in [0, 0.1) is 22.2 Å². The van der Waals surface area contributed by atoms with E-state index in [9.17, 15) is 14.7 Å². The van der Waals surface area contributed by atoms with Crippen LogP contribution in [0.4, 0.5) is 0 Å². The summed E-state index contributed by atoms with van der Waals surface area (Å²) in [7, 11) is 0. The fourth-order valence-electron chi connectivity index (χ4n) is 4.43. The highest BCUT2D eigenvalue weighted by atomic mass is 16.5. The van der Waals surface area contributed by atoms with E-state index >= 15 is 0 Å². The second kappa shape index (κ2) is 2.79. The Labute approximate surface area is 111 Å². The van der Waals surface area contributed by atoms with E-state index in [1.165, 1.54) is 0 Å². The van der Waals surface area contributed by atoms with Gasteiger partial charge in [0.15, 0.2) is 0 Å². The maximum atomic E-state index is 12.1. The number of hydrogen-bond donors (Lipinski definition) is 1. The summed E-state index contributed by atoms with van der Waals surface area (Å²) >= 11 is 0. The zero-order valence-electron chi connectivity index (χ0n) is 11.0. The van der Waals surface area contributed by atoms with Gasteiger partial charge in [0.2, 0.25) is 0 Å². The van der Waals surface area contributed by atoms with Crippen LogP contribution in [0.5, 0.6) is 0 Å². The molecule has 0 bridgehead atoms. The van der Waals surface area contributed by atoms with Gasteiger partial charge in [-0.2, -0.15) is 0 Å². The fourth-order valence-corrected chi connectivity index (χ4v) is 4.43. The molecule has 4 nitrogen and oxygen atoms in total. The molecule has 0 unspecified atom stereocenters. The molecular formula is C15H16O4. The van der Waals surface area contributed by atoms with Crippen LogP contribution >= 0.6 is 0 Å². The monoisotopic (exact) mass is 260 g/mol. The maximum absolute atomic E-state index is 12.1. The second-order valence-electron chi connectivity index (χ2n) is 7.01. The first-order valence-electron chi connectivity index (χ1n) is 6.68. The summed E-state index contributed by atoms with van der Waals surface area (Å²) in [6, 6.07) is 0. The lowest BCUT2D eigenvalue weighted by molar-refractivity contribution is -0.150. The molecule has 3 atom stereocenters. The first-order chi connectivity index (χ1) is 8.82. The highest BCUT2D eigenvalue weighted by Gasteiger charge is 2.83. The number of fused-ring (bicyclic) bond motifs is 2. The van der Waals surface area contributed by atoms with Gasteiger partial charge in [-0.15, -0.1) is 0 Å². The van der Waals surface area contributed by atoms with Gasteiger partial charge < -0.3 is 9.84 Å². The van der Waals surface area contributed by atoms with Crippen molar-refractivity contribution in [2.24, 2.45) is 22.2 Å². The molecule has 1 saturated carbocycles. The van der Waals surface area contributed by atoms with Crippen molar-refractivity contribution in [1.29, 1.82) is 0 Å². The molecule has 0 aromatic carbocycles. The summed E-state index contributed by atoms with van der Waals surface area (Å²) in [5.74, 6) is -1.26. The van der Waals surface area contributed by atoms with Gasteiger partial charge in [-0.05, 0) is 29.4 Å². The van der Waals surface area contributed by atoms with Crippen molar-refractivity contribution >= 4 is 11.9 Å². The van der Waals surface area contributed by atoms with Crippen molar-refractivity contribution in [3.63, 3.8) is 0 Å². The molecule has 4 rings (SSSR count). The normalized spacial score (nSPS) is 44.5. The lowest BCUT2D eigenvalue weighted by Crippen LogP contribution is -2.34. The Morgan fingerprint density at radius 1 is 1.42 bits per heavy atom. The number of carboxylic acids is 1. The van der Waals surface area contributed by atoms with E-state index in [4.69, 9.17) is 4.74 Å². The first kappa shape index (κ1) is 11.3. The van der Waals surface area contributed by atoms with Crippen LogP contribution in [-0.2, 0) is 14.3 Å². The highest BCUT2D eigenvalue weighted by molar-refractivity contribution is 5.99. The zero-order chi connectivity index (χ0) is 13.6. The predicted molar refractivity (Wildman–Crippen MR) is 66.1 cm³/mol. The largest absolute Gasteiger partial charge is 0.481 e. The van der Waals surface area contributed by atoms with Crippen molar-refractivity contribution in [1.82, 2.24) is 0 Å². The Kier molecular flexibility index (Phi) is 1.65. The Balaban J connectivity index is 1.93. The van der Waals surface area contributed by atoms with Crippen molar-refractivity contribution in [3.8, 4) is 0 Å². The number of carbonyl (C=O) groups excluding carboxylic acids is 1. The molecule has 1 aliphatic heterocycles. The lowest BCUT2D eigenvalue weighted by Gasteiger charge is -2.26. The van der Waals surface area contributed by atoms with Crippen LogP contribution in [0.1, 0.15) is 26.7 Å². The van der Waals surface area contributed by atoms with Gasteiger partial charge in [0, 0.05) is 5.92 Å². The van der Waals surface area contributed by atoms with Gasteiger partial charge in [0.25, 0.3) is 0 Å². The number of allylic oxidation sites excluding steroid dienone is 2. The van der Waals surface area contributed by atoms with Crippen LogP contribution < -0.4 is 0 Å². The lowest BCUT2D eigenvalue weighted by atomic mass is 9.72. The number of ether oxygens (including phenoxy) is 1. The summed E-state index contributed by atoms with van der Waals surface area (Å²) in [4.78, 5) is 23.8. The molecule has 3 aliphatic carbocycles. The van der Waals surface area contributed by atoms with Crippen LogP contribution in [0.3, 0.4) is 0 Å². The quantitative estimate of drug-likeness (QED) is 0.731. The number of hydrogen-bond acceptors (Lipinski definition) is 3. The molecule has 1 heterocycles.